The first-order valence-electron chi connectivity index (χ1n) is 9.46. The average molecular weight is 382 g/mol. The van der Waals surface area contributed by atoms with Crippen molar-refractivity contribution < 1.29 is 19.4 Å². The van der Waals surface area contributed by atoms with E-state index in [1.165, 1.54) is 12.1 Å². The van der Waals surface area contributed by atoms with Crippen molar-refractivity contribution in [3.63, 3.8) is 0 Å². The van der Waals surface area contributed by atoms with E-state index in [2.05, 4.69) is 0 Å². The molecule has 0 aliphatic carbocycles. The third-order valence-electron chi connectivity index (χ3n) is 5.13. The van der Waals surface area contributed by atoms with Gasteiger partial charge in [-0.3, -0.25) is 9.59 Å². The zero-order chi connectivity index (χ0) is 20.3. The van der Waals surface area contributed by atoms with E-state index >= 15 is 0 Å². The van der Waals surface area contributed by atoms with E-state index in [-0.39, 0.29) is 17.6 Å². The summed E-state index contributed by atoms with van der Waals surface area (Å²) in [5.74, 6) is 0.577. The van der Waals surface area contributed by atoms with Crippen LogP contribution in [0.15, 0.2) is 42.5 Å². The molecule has 0 radical (unpaired) electrons. The molecular weight excluding hydrogens is 356 g/mol. The van der Waals surface area contributed by atoms with Crippen LogP contribution in [0.25, 0.3) is 0 Å². The maximum absolute atomic E-state index is 12.7. The molecule has 1 saturated heterocycles. The lowest BCUT2D eigenvalue weighted by Gasteiger charge is -2.36. The molecule has 0 saturated carbocycles. The lowest BCUT2D eigenvalue weighted by Crippen LogP contribution is -2.53. The quantitative estimate of drug-likeness (QED) is 0.883. The molecule has 0 aromatic heterocycles. The number of ether oxygens (including phenoxy) is 1. The molecule has 6 heteroatoms. The highest BCUT2D eigenvalue weighted by Crippen LogP contribution is 2.18. The third-order valence-corrected chi connectivity index (χ3v) is 5.13. The Kier molecular flexibility index (Phi) is 5.87. The van der Waals surface area contributed by atoms with Gasteiger partial charge in [-0.2, -0.15) is 0 Å². The molecule has 1 unspecified atom stereocenters. The van der Waals surface area contributed by atoms with Crippen molar-refractivity contribution >= 4 is 11.8 Å². The van der Waals surface area contributed by atoms with E-state index in [9.17, 15) is 14.7 Å². The molecule has 1 N–H and O–H groups in total. The van der Waals surface area contributed by atoms with Crippen molar-refractivity contribution in [3.05, 3.63) is 59.2 Å². The molecule has 2 aromatic carbocycles. The minimum atomic E-state index is -0.633. The number of nitrogens with zero attached hydrogens (tertiary/aromatic N) is 2. The Morgan fingerprint density at radius 1 is 0.929 bits per heavy atom. The summed E-state index contributed by atoms with van der Waals surface area (Å²) in [7, 11) is 0. The second-order valence-electron chi connectivity index (χ2n) is 7.17. The van der Waals surface area contributed by atoms with Crippen LogP contribution in [0, 0.1) is 13.8 Å². The standard InChI is InChI=1S/C22H26N2O4/c1-15-4-5-18(14-16(15)2)22(27)24-12-10-23(11-13-24)21(26)17(3)28-20-8-6-19(25)7-9-20/h4-9,14,17,25H,10-13H2,1-3H3. The normalized spacial score (nSPS) is 15.2. The van der Waals surface area contributed by atoms with Gasteiger partial charge in [-0.25, -0.2) is 0 Å². The van der Waals surface area contributed by atoms with Crippen LogP contribution in [0.1, 0.15) is 28.4 Å². The molecule has 2 amide bonds. The Bertz CT molecular complexity index is 855. The van der Waals surface area contributed by atoms with Crippen LogP contribution < -0.4 is 4.74 Å². The van der Waals surface area contributed by atoms with Crippen LogP contribution >= 0.6 is 0 Å². The van der Waals surface area contributed by atoms with Gasteiger partial charge in [-0.15, -0.1) is 0 Å². The summed E-state index contributed by atoms with van der Waals surface area (Å²) < 4.78 is 5.67. The van der Waals surface area contributed by atoms with Crippen molar-refractivity contribution in [2.75, 3.05) is 26.2 Å². The number of carbonyl (C=O) groups excluding carboxylic acids is 2. The van der Waals surface area contributed by atoms with Crippen LogP contribution in [0.3, 0.4) is 0 Å². The first-order valence-corrected chi connectivity index (χ1v) is 9.46. The van der Waals surface area contributed by atoms with Gasteiger partial charge in [0.2, 0.25) is 0 Å². The fraction of sp³-hybridized carbons (Fsp3) is 0.364. The molecule has 0 bridgehead atoms. The topological polar surface area (TPSA) is 70.1 Å². The lowest BCUT2D eigenvalue weighted by molar-refractivity contribution is -0.139. The number of aryl methyl sites for hydroxylation is 2. The van der Waals surface area contributed by atoms with E-state index < -0.39 is 6.10 Å². The highest BCUT2D eigenvalue weighted by Gasteiger charge is 2.28. The van der Waals surface area contributed by atoms with Crippen molar-refractivity contribution in [2.24, 2.45) is 0 Å². The van der Waals surface area contributed by atoms with Crippen molar-refractivity contribution in [1.29, 1.82) is 0 Å². The molecule has 1 aliphatic rings. The number of aromatic hydroxyl groups is 1. The Hall–Kier alpha value is -3.02. The van der Waals surface area contributed by atoms with Gasteiger partial charge in [0.15, 0.2) is 6.10 Å². The van der Waals surface area contributed by atoms with Gasteiger partial charge in [0.25, 0.3) is 11.8 Å². The number of amides is 2. The molecule has 2 aromatic rings. The van der Waals surface area contributed by atoms with E-state index in [0.29, 0.717) is 37.5 Å². The van der Waals surface area contributed by atoms with Gasteiger partial charge >= 0.3 is 0 Å². The second kappa shape index (κ2) is 8.33. The van der Waals surface area contributed by atoms with Crippen LogP contribution in [0.4, 0.5) is 0 Å². The van der Waals surface area contributed by atoms with E-state index in [0.717, 1.165) is 11.1 Å². The van der Waals surface area contributed by atoms with E-state index in [1.54, 1.807) is 28.9 Å². The van der Waals surface area contributed by atoms with E-state index in [4.69, 9.17) is 4.74 Å². The summed E-state index contributed by atoms with van der Waals surface area (Å²) in [6, 6.07) is 12.0. The molecule has 0 spiro atoms. The third kappa shape index (κ3) is 4.44. The minimum Gasteiger partial charge on any atom is -0.508 e. The smallest absolute Gasteiger partial charge is 0.263 e. The Labute approximate surface area is 165 Å². The molecule has 6 nitrogen and oxygen atoms in total. The molecule has 3 rings (SSSR count). The van der Waals surface area contributed by atoms with Crippen LogP contribution in [-0.4, -0.2) is 59.0 Å². The van der Waals surface area contributed by atoms with Gasteiger partial charge in [-0.05, 0) is 68.3 Å². The summed E-state index contributed by atoms with van der Waals surface area (Å²) in [5.41, 5.74) is 2.95. The lowest BCUT2D eigenvalue weighted by atomic mass is 10.1. The zero-order valence-electron chi connectivity index (χ0n) is 16.5. The number of phenolic OH excluding ortho intramolecular Hbond substituents is 1. The molecule has 148 valence electrons. The van der Waals surface area contributed by atoms with Gasteiger partial charge in [0.05, 0.1) is 0 Å². The largest absolute Gasteiger partial charge is 0.508 e. The monoisotopic (exact) mass is 382 g/mol. The maximum atomic E-state index is 12.7. The minimum absolute atomic E-state index is 0.00332. The number of rotatable bonds is 4. The van der Waals surface area contributed by atoms with Gasteiger partial charge < -0.3 is 19.6 Å². The summed E-state index contributed by atoms with van der Waals surface area (Å²) in [5, 5.41) is 9.32. The summed E-state index contributed by atoms with van der Waals surface area (Å²) in [4.78, 5) is 28.9. The Morgan fingerprint density at radius 3 is 2.14 bits per heavy atom. The summed E-state index contributed by atoms with van der Waals surface area (Å²) in [6.45, 7) is 7.71. The molecule has 1 fully saturated rings. The van der Waals surface area contributed by atoms with Gasteiger partial charge in [0, 0.05) is 31.7 Å². The first-order chi connectivity index (χ1) is 13.3. The molecule has 28 heavy (non-hydrogen) atoms. The number of piperazine rings is 1. The van der Waals surface area contributed by atoms with Gasteiger partial charge in [0.1, 0.15) is 11.5 Å². The fourth-order valence-corrected chi connectivity index (χ4v) is 3.22. The molecule has 1 heterocycles. The molecule has 1 atom stereocenters. The second-order valence-corrected chi connectivity index (χ2v) is 7.17. The van der Waals surface area contributed by atoms with Gasteiger partial charge in [-0.1, -0.05) is 6.07 Å². The van der Waals surface area contributed by atoms with Crippen LogP contribution in [-0.2, 0) is 4.79 Å². The SMILES string of the molecule is Cc1ccc(C(=O)N2CCN(C(=O)C(C)Oc3ccc(O)cc3)CC2)cc1C. The van der Waals surface area contributed by atoms with Crippen molar-refractivity contribution in [2.45, 2.75) is 26.9 Å². The number of phenols is 1. The van der Waals surface area contributed by atoms with Crippen molar-refractivity contribution in [1.82, 2.24) is 9.80 Å². The molecule has 1 aliphatic heterocycles. The predicted octanol–water partition coefficient (Wildman–Crippen LogP) is 2.76. The Morgan fingerprint density at radius 2 is 1.54 bits per heavy atom. The van der Waals surface area contributed by atoms with E-state index in [1.807, 2.05) is 32.0 Å². The molecular formula is C22H26N2O4. The first kappa shape index (κ1) is 19.7. The fourth-order valence-electron chi connectivity index (χ4n) is 3.22. The summed E-state index contributed by atoms with van der Waals surface area (Å²) >= 11 is 0. The summed E-state index contributed by atoms with van der Waals surface area (Å²) in [6.07, 6.45) is -0.633. The number of hydrogen-bond donors (Lipinski definition) is 1. The average Bonchev–Trinajstić information content (AvgIpc) is 2.70. The van der Waals surface area contributed by atoms with Crippen LogP contribution in [0.5, 0.6) is 11.5 Å². The van der Waals surface area contributed by atoms with Crippen LogP contribution in [0.2, 0.25) is 0 Å². The number of carbonyl (C=O) groups is 2. The highest BCUT2D eigenvalue weighted by atomic mass is 16.5. The number of benzene rings is 2. The highest BCUT2D eigenvalue weighted by molar-refractivity contribution is 5.94. The maximum Gasteiger partial charge on any atom is 0.263 e. The Balaban J connectivity index is 1.55. The number of hydrogen-bond acceptors (Lipinski definition) is 4. The zero-order valence-corrected chi connectivity index (χ0v) is 16.5. The predicted molar refractivity (Wildman–Crippen MR) is 107 cm³/mol. The van der Waals surface area contributed by atoms with Crippen molar-refractivity contribution in [3.8, 4) is 11.5 Å².